The highest BCUT2D eigenvalue weighted by Gasteiger charge is 2.52. The van der Waals surface area contributed by atoms with Gasteiger partial charge in [0, 0.05) is 36.0 Å². The third-order valence-electron chi connectivity index (χ3n) is 4.49. The average molecular weight is 291 g/mol. The van der Waals surface area contributed by atoms with E-state index in [2.05, 4.69) is 21.4 Å². The molecule has 0 radical (unpaired) electrons. The summed E-state index contributed by atoms with van der Waals surface area (Å²) in [5.74, 6) is 0.120. The lowest BCUT2D eigenvalue weighted by atomic mass is 9.94. The molecule has 1 aliphatic rings. The number of nitrogens with one attached hydrogen (secondary N) is 2. The van der Waals surface area contributed by atoms with Gasteiger partial charge in [-0.2, -0.15) is 0 Å². The molecular weight excluding hydrogens is 274 g/mol. The highest BCUT2D eigenvalue weighted by atomic mass is 16.2. The van der Waals surface area contributed by atoms with E-state index in [1.807, 2.05) is 36.5 Å². The molecule has 3 aromatic rings. The zero-order valence-corrected chi connectivity index (χ0v) is 12.2. The molecule has 4 heteroatoms. The van der Waals surface area contributed by atoms with Crippen LogP contribution in [0.15, 0.2) is 55.0 Å². The van der Waals surface area contributed by atoms with Crippen LogP contribution in [0, 0.1) is 0 Å². The van der Waals surface area contributed by atoms with Gasteiger partial charge in [0.2, 0.25) is 5.91 Å². The number of rotatable bonds is 4. The van der Waals surface area contributed by atoms with Crippen LogP contribution in [0.2, 0.25) is 0 Å². The summed E-state index contributed by atoms with van der Waals surface area (Å²) >= 11 is 0. The molecule has 2 heterocycles. The number of hydrogen-bond donors (Lipinski definition) is 2. The number of H-pyrrole nitrogens is 1. The average Bonchev–Trinajstić information content (AvgIpc) is 3.26. The third kappa shape index (κ3) is 2.08. The van der Waals surface area contributed by atoms with Crippen molar-refractivity contribution in [2.45, 2.75) is 24.8 Å². The summed E-state index contributed by atoms with van der Waals surface area (Å²) in [6.45, 7) is 0.547. The number of carbonyl (C=O) groups is 1. The van der Waals surface area contributed by atoms with E-state index in [1.54, 1.807) is 12.4 Å². The Morgan fingerprint density at radius 3 is 2.73 bits per heavy atom. The van der Waals surface area contributed by atoms with Crippen molar-refractivity contribution in [3.63, 3.8) is 0 Å². The minimum absolute atomic E-state index is 0.120. The maximum absolute atomic E-state index is 12.7. The van der Waals surface area contributed by atoms with Gasteiger partial charge in [-0.3, -0.25) is 9.78 Å². The van der Waals surface area contributed by atoms with Crippen molar-refractivity contribution in [1.29, 1.82) is 0 Å². The third-order valence-corrected chi connectivity index (χ3v) is 4.49. The van der Waals surface area contributed by atoms with Crippen LogP contribution in [0.4, 0.5) is 0 Å². The molecular formula is C18H17N3O. The van der Waals surface area contributed by atoms with Crippen LogP contribution in [-0.2, 0) is 16.8 Å². The number of amides is 1. The van der Waals surface area contributed by atoms with E-state index in [0.29, 0.717) is 6.54 Å². The zero-order valence-electron chi connectivity index (χ0n) is 12.2. The van der Waals surface area contributed by atoms with Gasteiger partial charge in [-0.25, -0.2) is 0 Å². The molecule has 2 N–H and O–H groups in total. The molecule has 0 atom stereocenters. The monoisotopic (exact) mass is 291 g/mol. The Morgan fingerprint density at radius 1 is 1.18 bits per heavy atom. The van der Waals surface area contributed by atoms with E-state index in [1.165, 1.54) is 0 Å². The second-order valence-electron chi connectivity index (χ2n) is 5.87. The van der Waals surface area contributed by atoms with Crippen LogP contribution in [0.3, 0.4) is 0 Å². The molecule has 2 aromatic heterocycles. The van der Waals surface area contributed by atoms with Gasteiger partial charge in [0.1, 0.15) is 0 Å². The second-order valence-corrected chi connectivity index (χ2v) is 5.87. The molecule has 1 aliphatic carbocycles. The number of carbonyl (C=O) groups excluding carboxylic acids is 1. The van der Waals surface area contributed by atoms with Crippen molar-refractivity contribution in [3.8, 4) is 0 Å². The maximum atomic E-state index is 12.7. The summed E-state index contributed by atoms with van der Waals surface area (Å²) < 4.78 is 0. The van der Waals surface area contributed by atoms with Gasteiger partial charge in [0.15, 0.2) is 0 Å². The minimum Gasteiger partial charge on any atom is -0.361 e. The van der Waals surface area contributed by atoms with E-state index in [0.717, 1.165) is 34.9 Å². The number of para-hydroxylation sites is 1. The van der Waals surface area contributed by atoms with Crippen LogP contribution in [0.5, 0.6) is 0 Å². The van der Waals surface area contributed by atoms with E-state index < -0.39 is 0 Å². The standard InChI is InChI=1S/C18H17N3O/c22-17(21-11-13-5-9-19-10-6-13)18(7-8-18)15-12-20-16-4-2-1-3-14(15)16/h1-6,9-10,12,20H,7-8,11H2,(H,21,22). The van der Waals surface area contributed by atoms with Crippen LogP contribution < -0.4 is 5.32 Å². The topological polar surface area (TPSA) is 57.8 Å². The lowest BCUT2D eigenvalue weighted by Crippen LogP contribution is -2.34. The molecule has 22 heavy (non-hydrogen) atoms. The van der Waals surface area contributed by atoms with Crippen LogP contribution in [0.1, 0.15) is 24.0 Å². The first-order chi connectivity index (χ1) is 10.8. The van der Waals surface area contributed by atoms with Crippen molar-refractivity contribution >= 4 is 16.8 Å². The summed E-state index contributed by atoms with van der Waals surface area (Å²) in [7, 11) is 0. The van der Waals surface area contributed by atoms with Gasteiger partial charge < -0.3 is 10.3 Å². The minimum atomic E-state index is -0.355. The number of benzene rings is 1. The summed E-state index contributed by atoms with van der Waals surface area (Å²) in [5.41, 5.74) is 2.92. The van der Waals surface area contributed by atoms with Crippen molar-refractivity contribution in [2.24, 2.45) is 0 Å². The highest BCUT2D eigenvalue weighted by Crippen LogP contribution is 2.50. The van der Waals surface area contributed by atoms with Gasteiger partial charge in [0.05, 0.1) is 5.41 Å². The first-order valence-electron chi connectivity index (χ1n) is 7.53. The summed E-state index contributed by atoms with van der Waals surface area (Å²) in [4.78, 5) is 20.0. The van der Waals surface area contributed by atoms with Gasteiger partial charge in [-0.05, 0) is 42.2 Å². The number of nitrogens with zero attached hydrogens (tertiary/aromatic N) is 1. The Balaban J connectivity index is 1.57. The molecule has 4 nitrogen and oxygen atoms in total. The molecule has 1 aromatic carbocycles. The Labute approximate surface area is 128 Å². The van der Waals surface area contributed by atoms with Gasteiger partial charge in [0.25, 0.3) is 0 Å². The lowest BCUT2D eigenvalue weighted by Gasteiger charge is -2.15. The summed E-state index contributed by atoms with van der Waals surface area (Å²) in [6.07, 6.45) is 7.31. The molecule has 0 unspecified atom stereocenters. The maximum Gasteiger partial charge on any atom is 0.231 e. The SMILES string of the molecule is O=C(NCc1ccncc1)C1(c2c[nH]c3ccccc23)CC1. The predicted molar refractivity (Wildman–Crippen MR) is 85.3 cm³/mol. The first kappa shape index (κ1) is 13.1. The van der Waals surface area contributed by atoms with Crippen molar-refractivity contribution in [3.05, 3.63) is 66.1 Å². The Morgan fingerprint density at radius 2 is 1.95 bits per heavy atom. The molecule has 0 aliphatic heterocycles. The van der Waals surface area contributed by atoms with E-state index >= 15 is 0 Å². The molecule has 0 bridgehead atoms. The molecule has 4 rings (SSSR count). The van der Waals surface area contributed by atoms with E-state index in [9.17, 15) is 4.79 Å². The fourth-order valence-electron chi connectivity index (χ4n) is 3.06. The van der Waals surface area contributed by atoms with Crippen LogP contribution in [-0.4, -0.2) is 15.9 Å². The predicted octanol–water partition coefficient (Wildman–Crippen LogP) is 2.91. The normalized spacial score (nSPS) is 15.6. The number of pyridine rings is 1. The lowest BCUT2D eigenvalue weighted by molar-refractivity contribution is -0.123. The molecule has 1 fully saturated rings. The Hall–Kier alpha value is -2.62. The molecule has 110 valence electrons. The number of hydrogen-bond acceptors (Lipinski definition) is 2. The first-order valence-corrected chi connectivity index (χ1v) is 7.53. The van der Waals surface area contributed by atoms with Gasteiger partial charge in [-0.15, -0.1) is 0 Å². The van der Waals surface area contributed by atoms with Crippen LogP contribution >= 0.6 is 0 Å². The Bertz CT molecular complexity index is 818. The largest absolute Gasteiger partial charge is 0.361 e. The highest BCUT2D eigenvalue weighted by molar-refractivity contribution is 5.97. The van der Waals surface area contributed by atoms with E-state index in [-0.39, 0.29) is 11.3 Å². The fourth-order valence-corrected chi connectivity index (χ4v) is 3.06. The summed E-state index contributed by atoms with van der Waals surface area (Å²) in [6, 6.07) is 12.0. The van der Waals surface area contributed by atoms with Crippen molar-refractivity contribution < 1.29 is 4.79 Å². The zero-order chi connectivity index (χ0) is 15.0. The molecule has 0 spiro atoms. The number of aromatic nitrogens is 2. The number of aromatic amines is 1. The fraction of sp³-hybridized carbons (Fsp3) is 0.222. The van der Waals surface area contributed by atoms with Crippen molar-refractivity contribution in [1.82, 2.24) is 15.3 Å². The van der Waals surface area contributed by atoms with Crippen LogP contribution in [0.25, 0.3) is 10.9 Å². The van der Waals surface area contributed by atoms with Crippen molar-refractivity contribution in [2.75, 3.05) is 0 Å². The van der Waals surface area contributed by atoms with Gasteiger partial charge in [-0.1, -0.05) is 18.2 Å². The second kappa shape index (κ2) is 4.98. The quantitative estimate of drug-likeness (QED) is 0.776. The smallest absolute Gasteiger partial charge is 0.231 e. The van der Waals surface area contributed by atoms with E-state index in [4.69, 9.17) is 0 Å². The molecule has 1 saturated carbocycles. The number of fused-ring (bicyclic) bond motifs is 1. The summed E-state index contributed by atoms with van der Waals surface area (Å²) in [5, 5.41) is 4.23. The molecule has 1 amide bonds. The molecule has 0 saturated heterocycles. The Kier molecular flexibility index (Phi) is 2.96. The van der Waals surface area contributed by atoms with Gasteiger partial charge >= 0.3 is 0 Å².